The molecule has 4 aromatic rings. The third-order valence-corrected chi connectivity index (χ3v) is 9.87. The summed E-state index contributed by atoms with van der Waals surface area (Å²) in [5.41, 5.74) is 15.0. The molecule has 44 heavy (non-hydrogen) atoms. The Morgan fingerprint density at radius 1 is 1.00 bits per heavy atom. The molecule has 1 atom stereocenters. The lowest BCUT2D eigenvalue weighted by molar-refractivity contribution is -0.133. The van der Waals surface area contributed by atoms with Crippen molar-refractivity contribution in [1.82, 2.24) is 19.7 Å². The summed E-state index contributed by atoms with van der Waals surface area (Å²) in [4.78, 5) is 31.0. The Bertz CT molecular complexity index is 1730. The van der Waals surface area contributed by atoms with Crippen LogP contribution < -0.4 is 5.73 Å². The van der Waals surface area contributed by atoms with E-state index in [9.17, 15) is 14.7 Å². The van der Waals surface area contributed by atoms with Gasteiger partial charge in [-0.3, -0.25) is 4.79 Å². The summed E-state index contributed by atoms with van der Waals surface area (Å²) in [6.07, 6.45) is 9.63. The van der Waals surface area contributed by atoms with Crippen LogP contribution in [0.3, 0.4) is 0 Å². The SMILES string of the molecule is CCc1cc(CC2CCc3cccc(-c4cccc(-n5ncc(C(=O)O)c5N)n4)c32)ccc1C1CCN(C(=O)C2CC2)CC1. The van der Waals surface area contributed by atoms with Gasteiger partial charge in [0.1, 0.15) is 11.4 Å². The van der Waals surface area contributed by atoms with Gasteiger partial charge in [-0.25, -0.2) is 9.78 Å². The minimum absolute atomic E-state index is 0.0375. The third kappa shape index (κ3) is 5.27. The van der Waals surface area contributed by atoms with Gasteiger partial charge in [-0.05, 0) is 103 Å². The molecule has 3 aliphatic rings. The molecule has 2 aliphatic carbocycles. The van der Waals surface area contributed by atoms with Gasteiger partial charge in [0.05, 0.1) is 11.9 Å². The van der Waals surface area contributed by atoms with E-state index in [0.717, 1.165) is 75.7 Å². The molecule has 2 aromatic carbocycles. The summed E-state index contributed by atoms with van der Waals surface area (Å²) >= 11 is 0. The molecule has 0 spiro atoms. The number of piperidine rings is 1. The van der Waals surface area contributed by atoms with Gasteiger partial charge in [0.2, 0.25) is 5.91 Å². The number of anilines is 1. The Kier molecular flexibility index (Phi) is 7.44. The average Bonchev–Trinajstić information content (AvgIpc) is 3.71. The lowest BCUT2D eigenvalue weighted by Crippen LogP contribution is -2.38. The Morgan fingerprint density at radius 2 is 1.80 bits per heavy atom. The number of carboxylic acids is 1. The van der Waals surface area contributed by atoms with E-state index in [2.05, 4.69) is 53.3 Å². The number of nitrogens with zero attached hydrogens (tertiary/aromatic N) is 4. The maximum atomic E-state index is 12.6. The fourth-order valence-electron chi connectivity index (χ4n) is 7.39. The first-order chi connectivity index (χ1) is 21.4. The van der Waals surface area contributed by atoms with Gasteiger partial charge in [-0.1, -0.05) is 49.4 Å². The molecule has 8 heteroatoms. The number of carbonyl (C=O) groups is 2. The molecule has 1 saturated carbocycles. The summed E-state index contributed by atoms with van der Waals surface area (Å²) < 4.78 is 1.39. The number of nitrogen functional groups attached to an aromatic ring is 1. The lowest BCUT2D eigenvalue weighted by atomic mass is 9.83. The smallest absolute Gasteiger partial charge is 0.341 e. The Morgan fingerprint density at radius 3 is 2.52 bits per heavy atom. The van der Waals surface area contributed by atoms with Gasteiger partial charge >= 0.3 is 5.97 Å². The maximum absolute atomic E-state index is 12.6. The van der Waals surface area contributed by atoms with Gasteiger partial charge in [-0.15, -0.1) is 0 Å². The summed E-state index contributed by atoms with van der Waals surface area (Å²) in [7, 11) is 0. The first-order valence-electron chi connectivity index (χ1n) is 16.0. The number of aromatic carboxylic acids is 1. The molecule has 0 radical (unpaired) electrons. The van der Waals surface area contributed by atoms with Crippen molar-refractivity contribution in [3.8, 4) is 17.1 Å². The fraction of sp³-hybridized carbons (Fsp3) is 0.389. The van der Waals surface area contributed by atoms with Crippen LogP contribution in [0.25, 0.3) is 17.1 Å². The van der Waals surface area contributed by atoms with Gasteiger partial charge in [-0.2, -0.15) is 9.78 Å². The quantitative estimate of drug-likeness (QED) is 0.254. The zero-order valence-corrected chi connectivity index (χ0v) is 25.2. The van der Waals surface area contributed by atoms with Crippen LogP contribution in [0.5, 0.6) is 0 Å². The summed E-state index contributed by atoms with van der Waals surface area (Å²) in [6, 6.07) is 19.3. The van der Waals surface area contributed by atoms with Crippen LogP contribution >= 0.6 is 0 Å². The fourth-order valence-corrected chi connectivity index (χ4v) is 7.39. The van der Waals surface area contributed by atoms with Crippen molar-refractivity contribution >= 4 is 17.7 Å². The molecule has 7 rings (SSSR count). The number of amides is 1. The molecular formula is C36H39N5O3. The van der Waals surface area contributed by atoms with Crippen LogP contribution in [0.4, 0.5) is 5.82 Å². The van der Waals surface area contributed by atoms with Crippen LogP contribution in [0, 0.1) is 5.92 Å². The van der Waals surface area contributed by atoms with Crippen LogP contribution in [0.1, 0.15) is 89.0 Å². The molecule has 226 valence electrons. The van der Waals surface area contributed by atoms with Gasteiger partial charge < -0.3 is 15.7 Å². The average molecular weight is 590 g/mol. The zero-order valence-electron chi connectivity index (χ0n) is 25.2. The highest BCUT2D eigenvalue weighted by Crippen LogP contribution is 2.42. The molecule has 1 saturated heterocycles. The molecule has 3 N–H and O–H groups in total. The number of aromatic nitrogens is 3. The van der Waals surface area contributed by atoms with Crippen LogP contribution in [0.15, 0.2) is 60.8 Å². The molecule has 1 aliphatic heterocycles. The number of likely N-dealkylation sites (tertiary alicyclic amines) is 1. The largest absolute Gasteiger partial charge is 0.477 e. The maximum Gasteiger partial charge on any atom is 0.341 e. The van der Waals surface area contributed by atoms with E-state index in [1.165, 1.54) is 38.7 Å². The van der Waals surface area contributed by atoms with E-state index in [1.807, 2.05) is 12.1 Å². The van der Waals surface area contributed by atoms with Gasteiger partial charge in [0.25, 0.3) is 0 Å². The molecule has 8 nitrogen and oxygen atoms in total. The molecule has 2 aromatic heterocycles. The monoisotopic (exact) mass is 589 g/mol. The summed E-state index contributed by atoms with van der Waals surface area (Å²) in [5.74, 6) is 1.03. The van der Waals surface area contributed by atoms with Crippen molar-refractivity contribution in [3.05, 3.63) is 94.2 Å². The van der Waals surface area contributed by atoms with E-state index in [0.29, 0.717) is 29.5 Å². The van der Waals surface area contributed by atoms with Crippen molar-refractivity contribution in [1.29, 1.82) is 0 Å². The second kappa shape index (κ2) is 11.6. The standard InChI is InChI=1S/C36H39N5O3/c1-2-23-19-22(9-14-28(23)24-15-17-40(18-16-24)35(42)26-11-12-26)20-27-13-10-25-5-3-6-29(33(25)27)31-7-4-8-32(39-31)41-34(37)30(21-38-41)36(43)44/h3-9,14,19,21,24,26-27H,2,10-13,15-18,20,37H2,1H3,(H,43,44). The molecule has 0 bridgehead atoms. The number of carboxylic acid groups (broad SMARTS) is 1. The minimum atomic E-state index is -1.11. The molecule has 3 heterocycles. The lowest BCUT2D eigenvalue weighted by Gasteiger charge is -2.33. The second-order valence-corrected chi connectivity index (χ2v) is 12.6. The first-order valence-corrected chi connectivity index (χ1v) is 16.0. The highest BCUT2D eigenvalue weighted by molar-refractivity contribution is 5.92. The van der Waals surface area contributed by atoms with Crippen molar-refractivity contribution in [2.75, 3.05) is 18.8 Å². The van der Waals surface area contributed by atoms with Gasteiger partial charge in [0.15, 0.2) is 5.82 Å². The van der Waals surface area contributed by atoms with Crippen molar-refractivity contribution < 1.29 is 14.7 Å². The zero-order chi connectivity index (χ0) is 30.4. The molecule has 2 fully saturated rings. The van der Waals surface area contributed by atoms with Crippen LogP contribution in [-0.2, 0) is 24.1 Å². The normalized spacial score (nSPS) is 18.4. The topological polar surface area (TPSA) is 114 Å². The molecule has 1 amide bonds. The first kappa shape index (κ1) is 28.3. The molecular weight excluding hydrogens is 550 g/mol. The van der Waals surface area contributed by atoms with Crippen molar-refractivity contribution in [2.45, 2.75) is 70.1 Å². The number of rotatable bonds is 8. The Balaban J connectivity index is 1.12. The number of hydrogen-bond donors (Lipinski definition) is 2. The Labute approximate surface area is 257 Å². The number of pyridine rings is 1. The highest BCUT2D eigenvalue weighted by atomic mass is 16.4. The summed E-state index contributed by atoms with van der Waals surface area (Å²) in [6.45, 7) is 4.02. The second-order valence-electron chi connectivity index (χ2n) is 12.6. The van der Waals surface area contributed by atoms with Crippen molar-refractivity contribution in [2.24, 2.45) is 5.92 Å². The number of hydrogen-bond acceptors (Lipinski definition) is 5. The predicted molar refractivity (Wildman–Crippen MR) is 170 cm³/mol. The van der Waals surface area contributed by atoms with E-state index in [-0.39, 0.29) is 11.4 Å². The highest BCUT2D eigenvalue weighted by Gasteiger charge is 2.35. The number of carbonyl (C=O) groups excluding carboxylic acids is 1. The van der Waals surface area contributed by atoms with E-state index in [4.69, 9.17) is 10.7 Å². The van der Waals surface area contributed by atoms with E-state index in [1.54, 1.807) is 6.07 Å². The van der Waals surface area contributed by atoms with Crippen LogP contribution in [-0.4, -0.2) is 49.7 Å². The van der Waals surface area contributed by atoms with Crippen LogP contribution in [0.2, 0.25) is 0 Å². The third-order valence-electron chi connectivity index (χ3n) is 9.87. The minimum Gasteiger partial charge on any atom is -0.477 e. The predicted octanol–water partition coefficient (Wildman–Crippen LogP) is 6.17. The summed E-state index contributed by atoms with van der Waals surface area (Å²) in [5, 5.41) is 13.6. The van der Waals surface area contributed by atoms with E-state index < -0.39 is 5.97 Å². The number of benzene rings is 2. The van der Waals surface area contributed by atoms with E-state index >= 15 is 0 Å². The number of fused-ring (bicyclic) bond motifs is 1. The van der Waals surface area contributed by atoms with Crippen molar-refractivity contribution in [3.63, 3.8) is 0 Å². The number of aryl methyl sites for hydroxylation is 2. The number of nitrogens with two attached hydrogens (primary N) is 1. The van der Waals surface area contributed by atoms with Gasteiger partial charge in [0, 0.05) is 24.6 Å². The molecule has 1 unspecified atom stereocenters. The Hall–Kier alpha value is -4.46.